The molecule has 2 saturated heterocycles. The van der Waals surface area contributed by atoms with Gasteiger partial charge in [0.25, 0.3) is 0 Å². The van der Waals surface area contributed by atoms with Crippen LogP contribution in [0.4, 0.5) is 0 Å². The van der Waals surface area contributed by atoms with Crippen molar-refractivity contribution in [3.05, 3.63) is 36.0 Å². The molecule has 5 atom stereocenters. The molecule has 11 heteroatoms. The zero-order chi connectivity index (χ0) is 33.9. The fourth-order valence-electron chi connectivity index (χ4n) is 6.83. The van der Waals surface area contributed by atoms with Gasteiger partial charge in [-0.25, -0.2) is 0 Å². The van der Waals surface area contributed by atoms with Gasteiger partial charge in [-0.15, -0.1) is 0 Å². The fourth-order valence-corrected chi connectivity index (χ4v) is 6.83. The van der Waals surface area contributed by atoms with Gasteiger partial charge in [0, 0.05) is 30.8 Å². The van der Waals surface area contributed by atoms with Gasteiger partial charge in [-0.3, -0.25) is 28.9 Å². The van der Waals surface area contributed by atoms with Crippen LogP contribution < -0.4 is 20.8 Å². The third kappa shape index (κ3) is 9.43. The fraction of sp³-hybridized carbons (Fsp3) is 0.639. The number of hydrogen-bond donors (Lipinski definition) is 3. The van der Waals surface area contributed by atoms with E-state index < -0.39 is 36.0 Å². The summed E-state index contributed by atoms with van der Waals surface area (Å²) in [5.74, 6) is -1.19. The van der Waals surface area contributed by atoms with E-state index in [4.69, 9.17) is 4.84 Å². The first kappa shape index (κ1) is 36.1. The molecular formula is C36H53N5O6. The molecule has 47 heavy (non-hydrogen) atoms. The standard InChI is InChI=1S/C36H53N5O6/c1-5-14-26(42)15-8-7-9-17-28-34(44)38-29(21-25-22-41(47-4)30-18-11-10-16-27(25)30)35(45)39-33(24(3)6-2)32(43)23-40-20-13-12-19-31(40)36(46)37-28/h10-11,16,18,22,24,28-29,31,33H,5-9,12-15,17,19-21,23H2,1-4H3,(H,37,46)(H,38,44)(H,39,45)/t24-,28-,29-,31+,33-/m0/s1. The Balaban J connectivity index is 1.64. The highest BCUT2D eigenvalue weighted by Gasteiger charge is 2.37. The van der Waals surface area contributed by atoms with Crippen LogP contribution in [0.3, 0.4) is 0 Å². The van der Waals surface area contributed by atoms with E-state index in [-0.39, 0.29) is 36.4 Å². The zero-order valence-electron chi connectivity index (χ0n) is 28.5. The van der Waals surface area contributed by atoms with Gasteiger partial charge < -0.3 is 20.8 Å². The van der Waals surface area contributed by atoms with Crippen LogP contribution in [0.15, 0.2) is 30.5 Å². The Morgan fingerprint density at radius 2 is 1.68 bits per heavy atom. The minimum absolute atomic E-state index is 0.0528. The van der Waals surface area contributed by atoms with Crippen LogP contribution in [0, 0.1) is 5.92 Å². The van der Waals surface area contributed by atoms with E-state index in [0.29, 0.717) is 45.1 Å². The van der Waals surface area contributed by atoms with Crippen molar-refractivity contribution in [3.8, 4) is 0 Å². The molecule has 2 aromatic rings. The molecule has 11 nitrogen and oxygen atoms in total. The van der Waals surface area contributed by atoms with Crippen LogP contribution in [0.1, 0.15) is 97.0 Å². The number of carbonyl (C=O) groups is 5. The second-order valence-electron chi connectivity index (χ2n) is 13.2. The Bertz CT molecular complexity index is 1410. The van der Waals surface area contributed by atoms with Crippen molar-refractivity contribution < 1.29 is 28.8 Å². The van der Waals surface area contributed by atoms with Crippen LogP contribution in [-0.2, 0) is 30.4 Å². The number of benzene rings is 1. The number of amides is 3. The molecule has 0 unspecified atom stereocenters. The Hall–Kier alpha value is -3.73. The Morgan fingerprint density at radius 1 is 0.936 bits per heavy atom. The average Bonchev–Trinajstić information content (AvgIpc) is 3.42. The number of aromatic nitrogens is 1. The van der Waals surface area contributed by atoms with Crippen molar-refractivity contribution in [2.24, 2.45) is 5.92 Å². The topological polar surface area (TPSA) is 139 Å². The molecule has 0 spiro atoms. The van der Waals surface area contributed by atoms with Crippen molar-refractivity contribution in [3.63, 3.8) is 0 Å². The van der Waals surface area contributed by atoms with Gasteiger partial charge in [0.2, 0.25) is 17.7 Å². The maximum absolute atomic E-state index is 14.1. The highest BCUT2D eigenvalue weighted by atomic mass is 16.6. The van der Waals surface area contributed by atoms with E-state index in [9.17, 15) is 24.0 Å². The predicted molar refractivity (Wildman–Crippen MR) is 181 cm³/mol. The molecule has 0 bridgehead atoms. The number of fused-ring (bicyclic) bond motifs is 2. The van der Waals surface area contributed by atoms with E-state index in [2.05, 4.69) is 16.0 Å². The summed E-state index contributed by atoms with van der Waals surface area (Å²) in [6, 6.07) is 4.50. The van der Waals surface area contributed by atoms with Crippen molar-refractivity contribution in [2.45, 2.75) is 122 Å². The Morgan fingerprint density at radius 3 is 2.43 bits per heavy atom. The maximum atomic E-state index is 14.1. The zero-order valence-corrected chi connectivity index (χ0v) is 28.5. The molecule has 4 rings (SSSR count). The second-order valence-corrected chi connectivity index (χ2v) is 13.2. The third-order valence-corrected chi connectivity index (χ3v) is 9.76. The van der Waals surface area contributed by atoms with Crippen LogP contribution in [0.25, 0.3) is 10.9 Å². The summed E-state index contributed by atoms with van der Waals surface area (Å²) in [6.07, 6.45) is 9.36. The highest BCUT2D eigenvalue weighted by molar-refractivity contribution is 5.97. The van der Waals surface area contributed by atoms with E-state index in [1.807, 2.05) is 49.9 Å². The first-order chi connectivity index (χ1) is 22.7. The molecule has 0 aliphatic carbocycles. The van der Waals surface area contributed by atoms with E-state index in [0.717, 1.165) is 48.6 Å². The number of nitrogens with zero attached hydrogens (tertiary/aromatic N) is 2. The van der Waals surface area contributed by atoms with Crippen LogP contribution >= 0.6 is 0 Å². The monoisotopic (exact) mass is 651 g/mol. The van der Waals surface area contributed by atoms with Crippen molar-refractivity contribution in [2.75, 3.05) is 20.2 Å². The molecule has 1 aromatic heterocycles. The highest BCUT2D eigenvalue weighted by Crippen LogP contribution is 2.23. The van der Waals surface area contributed by atoms with Gasteiger partial charge >= 0.3 is 0 Å². The van der Waals surface area contributed by atoms with Crippen molar-refractivity contribution >= 4 is 40.2 Å². The molecule has 3 heterocycles. The van der Waals surface area contributed by atoms with Gasteiger partial charge in [-0.2, -0.15) is 4.73 Å². The number of Topliss-reactive ketones (excluding diaryl/α,β-unsaturated/α-hetero) is 2. The van der Waals surface area contributed by atoms with E-state index in [1.165, 1.54) is 0 Å². The number of piperidine rings is 1. The molecule has 2 aliphatic heterocycles. The second kappa shape index (κ2) is 17.4. The number of ketones is 2. The first-order valence-corrected chi connectivity index (χ1v) is 17.5. The SMILES string of the molecule is CCCC(=O)CCCCC[C@@H]1NC(=O)[C@H]2CCCCN2CC(=O)[C@H]([C@@H](C)CC)NC(=O)[C@H](Cc2cn(OC)c3ccccc23)NC1=O. The lowest BCUT2D eigenvalue weighted by Gasteiger charge is -2.36. The van der Waals surface area contributed by atoms with Crippen LogP contribution in [-0.4, -0.2) is 83.3 Å². The molecule has 3 N–H and O–H groups in total. The van der Waals surface area contributed by atoms with Crippen molar-refractivity contribution in [1.82, 2.24) is 25.6 Å². The summed E-state index contributed by atoms with van der Waals surface area (Å²) >= 11 is 0. The first-order valence-electron chi connectivity index (χ1n) is 17.5. The van der Waals surface area contributed by atoms with E-state index in [1.54, 1.807) is 18.0 Å². The number of nitrogens with one attached hydrogen (secondary N) is 3. The molecular weight excluding hydrogens is 598 g/mol. The molecule has 1 aromatic carbocycles. The van der Waals surface area contributed by atoms with Gasteiger partial charge in [0.05, 0.1) is 24.1 Å². The number of para-hydroxylation sites is 1. The number of hydrogen-bond acceptors (Lipinski definition) is 7. The Kier molecular flexibility index (Phi) is 13.4. The molecule has 0 radical (unpaired) electrons. The van der Waals surface area contributed by atoms with Crippen molar-refractivity contribution in [1.29, 1.82) is 0 Å². The summed E-state index contributed by atoms with van der Waals surface area (Å²) in [5.41, 5.74) is 1.63. The van der Waals surface area contributed by atoms with Gasteiger partial charge in [-0.1, -0.05) is 64.7 Å². The van der Waals surface area contributed by atoms with Gasteiger partial charge in [-0.05, 0) is 56.2 Å². The lowest BCUT2D eigenvalue weighted by Crippen LogP contribution is -2.57. The lowest BCUT2D eigenvalue weighted by atomic mass is 9.93. The van der Waals surface area contributed by atoms with Crippen LogP contribution in [0.5, 0.6) is 0 Å². The summed E-state index contributed by atoms with van der Waals surface area (Å²) < 4.78 is 1.62. The quantitative estimate of drug-likeness (QED) is 0.282. The average molecular weight is 652 g/mol. The summed E-state index contributed by atoms with van der Waals surface area (Å²) in [5, 5.41) is 9.86. The summed E-state index contributed by atoms with van der Waals surface area (Å²) in [6.45, 7) is 6.55. The molecule has 2 aliphatic rings. The van der Waals surface area contributed by atoms with Crippen LogP contribution in [0.2, 0.25) is 0 Å². The maximum Gasteiger partial charge on any atom is 0.243 e. The Labute approximate surface area is 278 Å². The van der Waals surface area contributed by atoms with Gasteiger partial charge in [0.15, 0.2) is 5.78 Å². The number of carbonyl (C=O) groups excluding carboxylic acids is 5. The smallest absolute Gasteiger partial charge is 0.243 e. The predicted octanol–water partition coefficient (Wildman–Crippen LogP) is 3.50. The number of unbranched alkanes of at least 4 members (excludes halogenated alkanes) is 2. The number of rotatable bonds is 13. The minimum Gasteiger partial charge on any atom is -0.417 e. The molecule has 3 amide bonds. The van der Waals surface area contributed by atoms with Gasteiger partial charge in [0.1, 0.15) is 25.0 Å². The molecule has 258 valence electrons. The van der Waals surface area contributed by atoms with E-state index >= 15 is 0 Å². The third-order valence-electron chi connectivity index (χ3n) is 9.76. The lowest BCUT2D eigenvalue weighted by molar-refractivity contribution is -0.134. The summed E-state index contributed by atoms with van der Waals surface area (Å²) in [7, 11) is 1.56. The largest absolute Gasteiger partial charge is 0.417 e. The molecule has 0 saturated carbocycles. The normalized spacial score (nSPS) is 23.8. The molecule has 2 fully saturated rings. The minimum atomic E-state index is -1.01. The summed E-state index contributed by atoms with van der Waals surface area (Å²) in [4.78, 5) is 75.1.